The molecule has 8 aromatic rings. The quantitative estimate of drug-likeness (QED) is 0.167. The van der Waals surface area contributed by atoms with Gasteiger partial charge in [0.15, 0.2) is 0 Å². The van der Waals surface area contributed by atoms with Crippen LogP contribution in [0, 0.1) is 0 Å². The van der Waals surface area contributed by atoms with Crippen LogP contribution in [0.5, 0.6) is 11.5 Å². The van der Waals surface area contributed by atoms with Gasteiger partial charge in [-0.25, -0.2) is 4.98 Å². The van der Waals surface area contributed by atoms with Crippen molar-refractivity contribution in [1.82, 2.24) is 9.55 Å². The predicted octanol–water partition coefficient (Wildman–Crippen LogP) is 12.4. The van der Waals surface area contributed by atoms with E-state index in [1.807, 2.05) is 12.3 Å². The molecule has 2 aromatic heterocycles. The number of fused-ring (bicyclic) bond motifs is 3. The molecule has 0 saturated heterocycles. The van der Waals surface area contributed by atoms with Crippen LogP contribution in [-0.4, -0.2) is 16.2 Å². The van der Waals surface area contributed by atoms with Gasteiger partial charge in [-0.05, 0) is 82.3 Å². The van der Waals surface area contributed by atoms with Crippen molar-refractivity contribution in [2.24, 2.45) is 0 Å². The van der Waals surface area contributed by atoms with Crippen LogP contribution in [0.4, 0.5) is 11.4 Å². The number of nitrogens with zero attached hydrogens (tertiary/aromatic N) is 4. The van der Waals surface area contributed by atoms with Crippen LogP contribution in [0.25, 0.3) is 49.9 Å². The topological polar surface area (TPSA) is 33.5 Å². The number of hydrogen-bond donors (Lipinski definition) is 0. The molecule has 258 valence electrons. The molecule has 3 heterocycles. The smallest absolute Gasteiger partial charge is 0.137 e. The van der Waals surface area contributed by atoms with Gasteiger partial charge in [-0.15, -0.1) is 0 Å². The Kier molecular flexibility index (Phi) is 8.04. The second-order valence-electron chi connectivity index (χ2n) is 14.6. The maximum Gasteiger partial charge on any atom is 0.137 e. The van der Waals surface area contributed by atoms with E-state index in [0.29, 0.717) is 6.67 Å². The average molecular weight is 689 g/mol. The lowest BCUT2D eigenvalue weighted by Gasteiger charge is -2.24. The average Bonchev–Trinajstić information content (AvgIpc) is 3.82. The molecule has 5 heteroatoms. The summed E-state index contributed by atoms with van der Waals surface area (Å²) in [6, 6.07) is 55.5. The molecule has 0 saturated carbocycles. The first-order valence-electron chi connectivity index (χ1n) is 18.1. The first-order valence-corrected chi connectivity index (χ1v) is 18.1. The van der Waals surface area contributed by atoms with Gasteiger partial charge < -0.3 is 14.5 Å². The molecule has 0 aliphatic carbocycles. The minimum absolute atomic E-state index is 0.00841. The predicted molar refractivity (Wildman–Crippen MR) is 220 cm³/mol. The highest BCUT2D eigenvalue weighted by Crippen LogP contribution is 2.39. The third-order valence-electron chi connectivity index (χ3n) is 10.1. The maximum absolute atomic E-state index is 6.60. The fourth-order valence-corrected chi connectivity index (χ4v) is 7.32. The number of rotatable bonds is 7. The third-order valence-corrected chi connectivity index (χ3v) is 10.1. The van der Waals surface area contributed by atoms with Crippen LogP contribution in [0.2, 0.25) is 0 Å². The highest BCUT2D eigenvalue weighted by atomic mass is 16.5. The first-order chi connectivity index (χ1) is 25.9. The molecule has 6 aromatic carbocycles. The Labute approximate surface area is 310 Å². The van der Waals surface area contributed by atoms with Crippen LogP contribution in [-0.2, 0) is 5.41 Å². The molecule has 9 rings (SSSR count). The van der Waals surface area contributed by atoms with Crippen molar-refractivity contribution >= 4 is 33.2 Å². The summed E-state index contributed by atoms with van der Waals surface area (Å²) in [5.74, 6) is 2.45. The zero-order chi connectivity index (χ0) is 35.9. The summed E-state index contributed by atoms with van der Waals surface area (Å²) in [5, 5.41) is 2.35. The summed E-state index contributed by atoms with van der Waals surface area (Å²) in [5.41, 5.74) is 10.4. The summed E-state index contributed by atoms with van der Waals surface area (Å²) in [6.45, 7) is 7.39. The molecule has 5 nitrogen and oxygen atoms in total. The lowest BCUT2D eigenvalue weighted by atomic mass is 9.88. The van der Waals surface area contributed by atoms with Gasteiger partial charge in [0.05, 0.1) is 23.4 Å². The van der Waals surface area contributed by atoms with Crippen LogP contribution in [0.15, 0.2) is 176 Å². The number of pyridine rings is 1. The Morgan fingerprint density at radius 3 is 2.08 bits per heavy atom. The summed E-state index contributed by atoms with van der Waals surface area (Å²) in [4.78, 5) is 9.40. The largest absolute Gasteiger partial charge is 0.457 e. The van der Waals surface area contributed by atoms with Crippen molar-refractivity contribution in [2.45, 2.75) is 26.2 Å². The zero-order valence-electron chi connectivity index (χ0n) is 30.1. The third kappa shape index (κ3) is 6.21. The number of hydrogen-bond acceptors (Lipinski definition) is 4. The molecule has 0 radical (unpaired) electrons. The zero-order valence-corrected chi connectivity index (χ0v) is 30.1. The number of benzene rings is 6. The van der Waals surface area contributed by atoms with E-state index in [2.05, 4.69) is 199 Å². The highest BCUT2D eigenvalue weighted by Gasteiger charge is 2.21. The van der Waals surface area contributed by atoms with E-state index in [0.717, 1.165) is 39.7 Å². The van der Waals surface area contributed by atoms with Crippen LogP contribution < -0.4 is 14.5 Å². The Hall–Kier alpha value is -6.59. The molecule has 0 bridgehead atoms. The van der Waals surface area contributed by atoms with Gasteiger partial charge in [0.2, 0.25) is 0 Å². The molecular weight excluding hydrogens is 649 g/mol. The molecule has 53 heavy (non-hydrogen) atoms. The SMILES string of the molecule is CC(C)(C)c1ccnc(-n2c3ccccc3c3ccc(Oc4cccc(N5C=CN(c6ccc(-c7ccccc7)cc6-c6ccccc6)C5)c4)cc32)c1. The van der Waals surface area contributed by atoms with Gasteiger partial charge in [-0.2, -0.15) is 0 Å². The van der Waals surface area contributed by atoms with Gasteiger partial charge in [0.25, 0.3) is 0 Å². The normalized spacial score (nSPS) is 13.0. The van der Waals surface area contributed by atoms with E-state index in [-0.39, 0.29) is 5.41 Å². The van der Waals surface area contributed by atoms with Gasteiger partial charge >= 0.3 is 0 Å². The van der Waals surface area contributed by atoms with E-state index in [1.54, 1.807) is 0 Å². The standard InChI is InChI=1S/C48H40N4O/c1-48(2,3)37-25-26-49-47(30-37)52-45-20-11-10-19-41(45)42-23-22-40(32-46(42)52)53-39-18-12-17-38(31-39)50-27-28-51(33-50)44-24-21-36(34-13-6-4-7-14-34)29-43(44)35-15-8-5-9-16-35/h4-32H,33H2,1-3H3. The van der Waals surface area contributed by atoms with Gasteiger partial charge in [-0.1, -0.05) is 112 Å². The molecule has 0 N–H and O–H groups in total. The lowest BCUT2D eigenvalue weighted by Crippen LogP contribution is -2.25. The summed E-state index contributed by atoms with van der Waals surface area (Å²) in [6.07, 6.45) is 6.22. The van der Waals surface area contributed by atoms with Crippen molar-refractivity contribution in [3.8, 4) is 39.6 Å². The van der Waals surface area contributed by atoms with E-state index < -0.39 is 0 Å². The summed E-state index contributed by atoms with van der Waals surface area (Å²) in [7, 11) is 0. The Balaban J connectivity index is 1.01. The van der Waals surface area contributed by atoms with Crippen molar-refractivity contribution in [2.75, 3.05) is 16.5 Å². The second kappa shape index (κ2) is 13.2. The van der Waals surface area contributed by atoms with E-state index >= 15 is 0 Å². The molecule has 0 amide bonds. The Morgan fingerprint density at radius 2 is 1.26 bits per heavy atom. The minimum Gasteiger partial charge on any atom is -0.457 e. The van der Waals surface area contributed by atoms with Crippen LogP contribution in [0.1, 0.15) is 26.3 Å². The number of aromatic nitrogens is 2. The van der Waals surface area contributed by atoms with Gasteiger partial charge in [-0.3, -0.25) is 4.57 Å². The fraction of sp³-hybridized carbons (Fsp3) is 0.104. The van der Waals surface area contributed by atoms with Crippen molar-refractivity contribution in [3.63, 3.8) is 0 Å². The van der Waals surface area contributed by atoms with E-state index in [9.17, 15) is 0 Å². The summed E-state index contributed by atoms with van der Waals surface area (Å²) >= 11 is 0. The molecule has 0 unspecified atom stereocenters. The molecule has 0 fully saturated rings. The monoisotopic (exact) mass is 688 g/mol. The molecule has 1 aliphatic heterocycles. The van der Waals surface area contributed by atoms with Crippen LogP contribution >= 0.6 is 0 Å². The summed E-state index contributed by atoms with van der Waals surface area (Å²) < 4.78 is 8.85. The van der Waals surface area contributed by atoms with Crippen molar-refractivity contribution in [3.05, 3.63) is 182 Å². The maximum atomic E-state index is 6.60. The van der Waals surface area contributed by atoms with Crippen molar-refractivity contribution < 1.29 is 4.74 Å². The highest BCUT2D eigenvalue weighted by molar-refractivity contribution is 6.09. The molecule has 0 spiro atoms. The number of para-hydroxylation sites is 1. The van der Waals surface area contributed by atoms with Crippen molar-refractivity contribution in [1.29, 1.82) is 0 Å². The van der Waals surface area contributed by atoms with E-state index in [4.69, 9.17) is 9.72 Å². The minimum atomic E-state index is 0.00841. The molecule has 0 atom stereocenters. The van der Waals surface area contributed by atoms with Gasteiger partial charge in [0, 0.05) is 52.8 Å². The molecular formula is C48H40N4O. The van der Waals surface area contributed by atoms with E-state index in [1.165, 1.54) is 38.6 Å². The fourth-order valence-electron chi connectivity index (χ4n) is 7.32. The second-order valence-corrected chi connectivity index (χ2v) is 14.6. The molecule has 1 aliphatic rings. The van der Waals surface area contributed by atoms with Crippen LogP contribution in [0.3, 0.4) is 0 Å². The Bertz CT molecular complexity index is 2620. The first kappa shape index (κ1) is 32.3. The number of anilines is 2. The lowest BCUT2D eigenvalue weighted by molar-refractivity contribution is 0.483. The number of ether oxygens (including phenoxy) is 1. The van der Waals surface area contributed by atoms with Gasteiger partial charge in [0.1, 0.15) is 17.3 Å². The Morgan fingerprint density at radius 1 is 0.547 bits per heavy atom.